The van der Waals surface area contributed by atoms with Gasteiger partial charge in [-0.1, -0.05) is 0 Å². The Balaban J connectivity index is 3.35. The smallest absolute Gasteiger partial charge is 0.335 e. The quantitative estimate of drug-likeness (QED) is 0.671. The SMILES string of the molecule is COc1cc(C(=O)O)cc(CO)c1CO. The summed E-state index contributed by atoms with van der Waals surface area (Å²) in [5.41, 5.74) is 0.785. The number of benzene rings is 1. The minimum Gasteiger partial charge on any atom is -0.496 e. The van der Waals surface area contributed by atoms with Crippen LogP contribution in [0.3, 0.4) is 0 Å². The predicted molar refractivity (Wildman–Crippen MR) is 51.8 cm³/mol. The number of methoxy groups -OCH3 is 1. The van der Waals surface area contributed by atoms with Crippen LogP contribution in [0.2, 0.25) is 0 Å². The van der Waals surface area contributed by atoms with Crippen LogP contribution in [0.4, 0.5) is 0 Å². The van der Waals surface area contributed by atoms with Gasteiger partial charge in [0.15, 0.2) is 0 Å². The fraction of sp³-hybridized carbons (Fsp3) is 0.300. The molecule has 0 atom stereocenters. The summed E-state index contributed by atoms with van der Waals surface area (Å²) in [5.74, 6) is -0.839. The largest absolute Gasteiger partial charge is 0.496 e. The number of aliphatic hydroxyl groups excluding tert-OH is 2. The standard InChI is InChI=1S/C10H12O5/c1-15-9-3-6(10(13)14)2-7(4-11)8(9)5-12/h2-3,11-12H,4-5H2,1H3,(H,13,14). The molecule has 0 unspecified atom stereocenters. The third-order valence-electron chi connectivity index (χ3n) is 2.10. The van der Waals surface area contributed by atoms with Crippen LogP contribution < -0.4 is 4.74 Å². The summed E-state index contributed by atoms with van der Waals surface area (Å²) in [6.45, 7) is -0.646. The maximum Gasteiger partial charge on any atom is 0.335 e. The summed E-state index contributed by atoms with van der Waals surface area (Å²) < 4.78 is 4.94. The number of aromatic carboxylic acids is 1. The molecule has 0 aliphatic rings. The Kier molecular flexibility index (Phi) is 3.65. The van der Waals surface area contributed by atoms with Crippen molar-refractivity contribution < 1.29 is 24.9 Å². The molecule has 0 aromatic heterocycles. The minimum absolute atomic E-state index is 0.0214. The zero-order valence-electron chi connectivity index (χ0n) is 8.23. The second-order valence-corrected chi connectivity index (χ2v) is 2.94. The highest BCUT2D eigenvalue weighted by Crippen LogP contribution is 2.25. The number of carboxylic acid groups (broad SMARTS) is 1. The van der Waals surface area contributed by atoms with E-state index >= 15 is 0 Å². The Bertz CT molecular complexity index is 347. The van der Waals surface area contributed by atoms with Crippen molar-refractivity contribution in [3.05, 3.63) is 28.8 Å². The molecule has 1 aromatic carbocycles. The highest BCUT2D eigenvalue weighted by molar-refractivity contribution is 5.88. The van der Waals surface area contributed by atoms with Gasteiger partial charge in [0.25, 0.3) is 0 Å². The molecule has 15 heavy (non-hydrogen) atoms. The van der Waals surface area contributed by atoms with Crippen LogP contribution in [0.15, 0.2) is 12.1 Å². The fourth-order valence-electron chi connectivity index (χ4n) is 1.33. The van der Waals surface area contributed by atoms with Gasteiger partial charge >= 0.3 is 5.97 Å². The van der Waals surface area contributed by atoms with Gasteiger partial charge < -0.3 is 20.1 Å². The molecular formula is C10H12O5. The van der Waals surface area contributed by atoms with Crippen molar-refractivity contribution in [3.8, 4) is 5.75 Å². The van der Waals surface area contributed by atoms with E-state index in [1.165, 1.54) is 19.2 Å². The lowest BCUT2D eigenvalue weighted by Gasteiger charge is -2.11. The van der Waals surface area contributed by atoms with Gasteiger partial charge in [-0.25, -0.2) is 4.79 Å². The summed E-state index contributed by atoms with van der Waals surface area (Å²) in [6, 6.07) is 2.63. The molecule has 1 rings (SSSR count). The number of hydrogen-bond acceptors (Lipinski definition) is 4. The van der Waals surface area contributed by atoms with Crippen molar-refractivity contribution in [2.24, 2.45) is 0 Å². The predicted octanol–water partition coefficient (Wildman–Crippen LogP) is 0.378. The zero-order valence-corrected chi connectivity index (χ0v) is 8.23. The molecule has 0 heterocycles. The average molecular weight is 212 g/mol. The second-order valence-electron chi connectivity index (χ2n) is 2.94. The molecule has 0 saturated carbocycles. The van der Waals surface area contributed by atoms with Crippen LogP contribution in [0, 0.1) is 0 Å². The van der Waals surface area contributed by atoms with Crippen molar-refractivity contribution in [1.29, 1.82) is 0 Å². The first-order valence-electron chi connectivity index (χ1n) is 4.28. The molecular weight excluding hydrogens is 200 g/mol. The fourth-order valence-corrected chi connectivity index (χ4v) is 1.33. The molecule has 0 amide bonds. The second kappa shape index (κ2) is 4.77. The van der Waals surface area contributed by atoms with Gasteiger partial charge in [-0.2, -0.15) is 0 Å². The highest BCUT2D eigenvalue weighted by atomic mass is 16.5. The van der Waals surface area contributed by atoms with E-state index in [-0.39, 0.29) is 24.5 Å². The third-order valence-corrected chi connectivity index (χ3v) is 2.10. The molecule has 0 fully saturated rings. The summed E-state index contributed by atoms with van der Waals surface area (Å²) in [6.07, 6.45) is 0. The van der Waals surface area contributed by atoms with E-state index in [0.29, 0.717) is 11.1 Å². The van der Waals surface area contributed by atoms with Gasteiger partial charge in [-0.05, 0) is 17.7 Å². The van der Waals surface area contributed by atoms with Crippen LogP contribution in [-0.2, 0) is 13.2 Å². The third kappa shape index (κ3) is 2.26. The Hall–Kier alpha value is -1.59. The summed E-state index contributed by atoms with van der Waals surface area (Å²) in [4.78, 5) is 10.7. The number of ether oxygens (including phenoxy) is 1. The normalized spacial score (nSPS) is 10.1. The number of hydrogen-bond donors (Lipinski definition) is 3. The van der Waals surface area contributed by atoms with E-state index in [2.05, 4.69) is 0 Å². The number of rotatable bonds is 4. The Morgan fingerprint density at radius 2 is 2.00 bits per heavy atom. The van der Waals surface area contributed by atoms with Crippen LogP contribution in [0.1, 0.15) is 21.5 Å². The van der Waals surface area contributed by atoms with Crippen molar-refractivity contribution in [2.75, 3.05) is 7.11 Å². The topological polar surface area (TPSA) is 87.0 Å². The summed E-state index contributed by atoms with van der Waals surface area (Å²) >= 11 is 0. The minimum atomic E-state index is -1.10. The van der Waals surface area contributed by atoms with Gasteiger partial charge in [-0.15, -0.1) is 0 Å². The first kappa shape index (κ1) is 11.5. The molecule has 0 spiro atoms. The first-order chi connectivity index (χ1) is 7.13. The molecule has 0 aliphatic heterocycles. The van der Waals surface area contributed by atoms with Crippen molar-refractivity contribution in [3.63, 3.8) is 0 Å². The van der Waals surface area contributed by atoms with E-state index in [0.717, 1.165) is 0 Å². The molecule has 1 aromatic rings. The zero-order chi connectivity index (χ0) is 11.4. The van der Waals surface area contributed by atoms with E-state index < -0.39 is 5.97 Å². The molecule has 5 nitrogen and oxygen atoms in total. The van der Waals surface area contributed by atoms with Gasteiger partial charge in [-0.3, -0.25) is 0 Å². The van der Waals surface area contributed by atoms with E-state index in [9.17, 15) is 4.79 Å². The van der Waals surface area contributed by atoms with E-state index in [4.69, 9.17) is 20.1 Å². The van der Waals surface area contributed by atoms with E-state index in [1.807, 2.05) is 0 Å². The summed E-state index contributed by atoms with van der Waals surface area (Å²) in [5, 5.41) is 26.9. The van der Waals surface area contributed by atoms with Crippen LogP contribution in [0.25, 0.3) is 0 Å². The number of carboxylic acids is 1. The molecule has 0 radical (unpaired) electrons. The maximum atomic E-state index is 10.7. The lowest BCUT2D eigenvalue weighted by atomic mass is 10.0. The van der Waals surface area contributed by atoms with Crippen LogP contribution in [0.5, 0.6) is 5.75 Å². The lowest BCUT2D eigenvalue weighted by molar-refractivity contribution is 0.0696. The highest BCUT2D eigenvalue weighted by Gasteiger charge is 2.13. The Labute approximate surface area is 86.5 Å². The molecule has 0 saturated heterocycles. The van der Waals surface area contributed by atoms with E-state index in [1.54, 1.807) is 0 Å². The Morgan fingerprint density at radius 1 is 1.33 bits per heavy atom. The van der Waals surface area contributed by atoms with Crippen molar-refractivity contribution in [2.45, 2.75) is 13.2 Å². The number of aliphatic hydroxyl groups is 2. The van der Waals surface area contributed by atoms with Crippen molar-refractivity contribution in [1.82, 2.24) is 0 Å². The monoisotopic (exact) mass is 212 g/mol. The van der Waals surface area contributed by atoms with Gasteiger partial charge in [0.1, 0.15) is 5.75 Å². The summed E-state index contributed by atoms with van der Waals surface area (Å²) in [7, 11) is 1.38. The molecule has 82 valence electrons. The first-order valence-corrected chi connectivity index (χ1v) is 4.28. The lowest BCUT2D eigenvalue weighted by Crippen LogP contribution is -2.04. The van der Waals surface area contributed by atoms with Gasteiger partial charge in [0.05, 0.1) is 25.9 Å². The molecule has 5 heteroatoms. The van der Waals surface area contributed by atoms with Crippen LogP contribution >= 0.6 is 0 Å². The maximum absolute atomic E-state index is 10.7. The van der Waals surface area contributed by atoms with Gasteiger partial charge in [0.2, 0.25) is 0 Å². The molecule has 0 bridgehead atoms. The molecule has 0 aliphatic carbocycles. The Morgan fingerprint density at radius 3 is 2.40 bits per heavy atom. The molecule has 3 N–H and O–H groups in total. The number of carbonyl (C=O) groups is 1. The van der Waals surface area contributed by atoms with Crippen molar-refractivity contribution >= 4 is 5.97 Å². The van der Waals surface area contributed by atoms with Gasteiger partial charge in [0, 0.05) is 5.56 Å². The van der Waals surface area contributed by atoms with Crippen LogP contribution in [-0.4, -0.2) is 28.4 Å². The average Bonchev–Trinajstić information content (AvgIpc) is 2.26.